The lowest BCUT2D eigenvalue weighted by Crippen LogP contribution is -2.50. The predicted octanol–water partition coefficient (Wildman–Crippen LogP) is 0.202. The molecule has 0 bridgehead atoms. The number of hydrogen-bond acceptors (Lipinski definition) is 7. The first-order chi connectivity index (χ1) is 8.90. The van der Waals surface area contributed by atoms with Crippen molar-refractivity contribution in [3.63, 3.8) is 0 Å². The molecule has 108 valence electrons. The molecule has 7 heteroatoms. The van der Waals surface area contributed by atoms with E-state index in [2.05, 4.69) is 0 Å². The summed E-state index contributed by atoms with van der Waals surface area (Å²) in [5.41, 5.74) is 0. The second-order valence-electron chi connectivity index (χ2n) is 4.22. The Morgan fingerprint density at radius 1 is 1.05 bits per heavy atom. The topological polar surface area (TPSA) is 88.1 Å². The maximum Gasteiger partial charge on any atom is 0.303 e. The highest BCUT2D eigenvalue weighted by molar-refractivity contribution is 5.67. The summed E-state index contributed by atoms with van der Waals surface area (Å²) in [6.07, 6.45) is -1.57. The lowest BCUT2D eigenvalue weighted by atomic mass is 10.0. The Labute approximate surface area is 111 Å². The lowest BCUT2D eigenvalue weighted by molar-refractivity contribution is -0.200. The van der Waals surface area contributed by atoms with Crippen LogP contribution in [0.4, 0.5) is 0 Å². The van der Waals surface area contributed by atoms with E-state index in [1.807, 2.05) is 0 Å². The van der Waals surface area contributed by atoms with Crippen molar-refractivity contribution in [1.82, 2.24) is 0 Å². The molecule has 0 N–H and O–H groups in total. The van der Waals surface area contributed by atoms with Crippen LogP contribution in [0.5, 0.6) is 0 Å². The van der Waals surface area contributed by atoms with Crippen LogP contribution in [0.15, 0.2) is 0 Å². The smallest absolute Gasteiger partial charge is 0.303 e. The summed E-state index contributed by atoms with van der Waals surface area (Å²) >= 11 is 0. The van der Waals surface area contributed by atoms with Gasteiger partial charge < -0.3 is 18.9 Å². The summed E-state index contributed by atoms with van der Waals surface area (Å²) in [7, 11) is 0. The minimum absolute atomic E-state index is 0.0506. The molecule has 19 heavy (non-hydrogen) atoms. The Balaban J connectivity index is 2.72. The average Bonchev–Trinajstić information content (AvgIpc) is 2.28. The van der Waals surface area contributed by atoms with Crippen LogP contribution in [0, 0.1) is 0 Å². The fraction of sp³-hybridized carbons (Fsp3) is 0.750. The van der Waals surface area contributed by atoms with Crippen LogP contribution < -0.4 is 0 Å². The second-order valence-corrected chi connectivity index (χ2v) is 4.22. The van der Waals surface area contributed by atoms with Gasteiger partial charge in [-0.25, -0.2) is 0 Å². The van der Waals surface area contributed by atoms with Crippen LogP contribution in [-0.2, 0) is 33.3 Å². The van der Waals surface area contributed by atoms with E-state index in [-0.39, 0.29) is 6.61 Å². The summed E-state index contributed by atoms with van der Waals surface area (Å²) in [5, 5.41) is 0. The third kappa shape index (κ3) is 5.25. The highest BCUT2D eigenvalue weighted by Gasteiger charge is 2.39. The Bertz CT molecular complexity index is 352. The Kier molecular flexibility index (Phi) is 5.75. The number of carbonyl (C=O) groups is 3. The van der Waals surface area contributed by atoms with E-state index in [1.54, 1.807) is 0 Å². The maximum atomic E-state index is 11.1. The van der Waals surface area contributed by atoms with Crippen molar-refractivity contribution in [3.8, 4) is 0 Å². The molecule has 1 fully saturated rings. The van der Waals surface area contributed by atoms with Gasteiger partial charge in [-0.15, -0.1) is 0 Å². The van der Waals surface area contributed by atoms with Crippen molar-refractivity contribution in [2.24, 2.45) is 0 Å². The molecule has 1 rings (SSSR count). The van der Waals surface area contributed by atoms with Gasteiger partial charge in [0.25, 0.3) is 0 Å². The van der Waals surface area contributed by atoms with E-state index < -0.39 is 36.2 Å². The highest BCUT2D eigenvalue weighted by atomic mass is 16.6. The molecule has 3 atom stereocenters. The van der Waals surface area contributed by atoms with Crippen molar-refractivity contribution in [2.75, 3.05) is 13.2 Å². The molecule has 0 aromatic carbocycles. The molecule has 0 aliphatic carbocycles. The van der Waals surface area contributed by atoms with Crippen molar-refractivity contribution < 1.29 is 33.3 Å². The van der Waals surface area contributed by atoms with E-state index >= 15 is 0 Å². The number of esters is 3. The van der Waals surface area contributed by atoms with Crippen molar-refractivity contribution in [2.45, 2.75) is 45.5 Å². The predicted molar refractivity (Wildman–Crippen MR) is 62.1 cm³/mol. The number of ether oxygens (including phenoxy) is 4. The number of rotatable bonds is 4. The van der Waals surface area contributed by atoms with Gasteiger partial charge in [-0.2, -0.15) is 0 Å². The zero-order valence-corrected chi connectivity index (χ0v) is 11.2. The van der Waals surface area contributed by atoms with E-state index in [0.29, 0.717) is 13.0 Å². The van der Waals surface area contributed by atoms with Crippen LogP contribution >= 0.6 is 0 Å². The van der Waals surface area contributed by atoms with Gasteiger partial charge in [0.2, 0.25) is 0 Å². The van der Waals surface area contributed by atoms with E-state index in [0.717, 1.165) is 0 Å². The van der Waals surface area contributed by atoms with Crippen LogP contribution in [0.2, 0.25) is 0 Å². The molecule has 0 spiro atoms. The summed E-state index contributed by atoms with van der Waals surface area (Å²) in [5.74, 6) is -1.43. The van der Waals surface area contributed by atoms with E-state index in [4.69, 9.17) is 18.9 Å². The molecule has 1 saturated heterocycles. The Hall–Kier alpha value is -1.63. The first-order valence-corrected chi connectivity index (χ1v) is 5.99. The standard InChI is InChI=1S/C12H18O7/c1-7(13)17-6-11-12(19-9(3)15)10(4-5-16-11)18-8(2)14/h10-12H,4-6H2,1-3H3/t10-,11-,12+/m1/s1. The van der Waals surface area contributed by atoms with Crippen LogP contribution in [-0.4, -0.2) is 49.4 Å². The summed E-state index contributed by atoms with van der Waals surface area (Å²) in [6.45, 7) is 4.09. The third-order valence-electron chi connectivity index (χ3n) is 2.54. The maximum absolute atomic E-state index is 11.1. The minimum Gasteiger partial charge on any atom is -0.463 e. The molecule has 7 nitrogen and oxygen atoms in total. The molecule has 0 saturated carbocycles. The molecule has 0 aromatic rings. The van der Waals surface area contributed by atoms with Gasteiger partial charge in [0.05, 0.1) is 6.61 Å². The lowest BCUT2D eigenvalue weighted by Gasteiger charge is -2.36. The zero-order chi connectivity index (χ0) is 14.4. The fourth-order valence-corrected chi connectivity index (χ4v) is 1.86. The van der Waals surface area contributed by atoms with Gasteiger partial charge in [0.15, 0.2) is 6.10 Å². The monoisotopic (exact) mass is 274 g/mol. The molecule has 0 aromatic heterocycles. The first-order valence-electron chi connectivity index (χ1n) is 5.99. The molecule has 0 unspecified atom stereocenters. The van der Waals surface area contributed by atoms with Gasteiger partial charge in [0.1, 0.15) is 18.8 Å². The second kappa shape index (κ2) is 7.08. The minimum atomic E-state index is -0.769. The quantitative estimate of drug-likeness (QED) is 0.534. The van der Waals surface area contributed by atoms with E-state index in [1.165, 1.54) is 20.8 Å². The molecule has 0 amide bonds. The van der Waals surface area contributed by atoms with Gasteiger partial charge in [-0.1, -0.05) is 0 Å². The van der Waals surface area contributed by atoms with Gasteiger partial charge in [-0.3, -0.25) is 14.4 Å². The van der Waals surface area contributed by atoms with Crippen LogP contribution in [0.25, 0.3) is 0 Å². The largest absolute Gasteiger partial charge is 0.463 e. The summed E-state index contributed by atoms with van der Waals surface area (Å²) in [4.78, 5) is 32.9. The third-order valence-corrected chi connectivity index (χ3v) is 2.54. The van der Waals surface area contributed by atoms with Crippen molar-refractivity contribution in [1.29, 1.82) is 0 Å². The summed E-state index contributed by atoms with van der Waals surface area (Å²) in [6, 6.07) is 0. The van der Waals surface area contributed by atoms with Gasteiger partial charge in [-0.05, 0) is 0 Å². The molecule has 0 radical (unpaired) electrons. The number of carbonyl (C=O) groups excluding carboxylic acids is 3. The zero-order valence-electron chi connectivity index (χ0n) is 11.2. The molecule has 1 heterocycles. The van der Waals surface area contributed by atoms with Crippen LogP contribution in [0.1, 0.15) is 27.2 Å². The average molecular weight is 274 g/mol. The van der Waals surface area contributed by atoms with Gasteiger partial charge in [0, 0.05) is 27.2 Å². The van der Waals surface area contributed by atoms with Gasteiger partial charge >= 0.3 is 17.9 Å². The Morgan fingerprint density at radius 3 is 2.21 bits per heavy atom. The first kappa shape index (κ1) is 15.4. The van der Waals surface area contributed by atoms with Crippen LogP contribution in [0.3, 0.4) is 0 Å². The fourth-order valence-electron chi connectivity index (χ4n) is 1.86. The Morgan fingerprint density at radius 2 is 1.68 bits per heavy atom. The summed E-state index contributed by atoms with van der Waals surface area (Å²) < 4.78 is 20.5. The molecule has 1 aliphatic heterocycles. The van der Waals surface area contributed by atoms with Crippen molar-refractivity contribution >= 4 is 17.9 Å². The van der Waals surface area contributed by atoms with E-state index in [9.17, 15) is 14.4 Å². The SMILES string of the molecule is CC(=O)OC[C@H]1OCC[C@@H](OC(C)=O)[C@@H]1OC(C)=O. The molecular weight excluding hydrogens is 256 g/mol. The highest BCUT2D eigenvalue weighted by Crippen LogP contribution is 2.22. The normalized spacial score (nSPS) is 26.4. The number of hydrogen-bond donors (Lipinski definition) is 0. The molecular formula is C12H18O7. The molecule has 1 aliphatic rings. The van der Waals surface area contributed by atoms with Crippen molar-refractivity contribution in [3.05, 3.63) is 0 Å².